The van der Waals surface area contributed by atoms with E-state index in [2.05, 4.69) is 9.97 Å². The number of alkyl halides is 3. The van der Waals surface area contributed by atoms with Crippen LogP contribution in [0, 0.1) is 17.6 Å². The number of piperazine rings is 1. The van der Waals surface area contributed by atoms with E-state index in [0.29, 0.717) is 50.1 Å². The van der Waals surface area contributed by atoms with Crippen LogP contribution in [0.25, 0.3) is 16.9 Å². The molecule has 0 bridgehead atoms. The number of nitrogens with two attached hydrogens (primary N) is 1. The Kier molecular flexibility index (Phi) is 8.86. The van der Waals surface area contributed by atoms with Gasteiger partial charge in [-0.25, -0.2) is 18.7 Å². The van der Waals surface area contributed by atoms with Gasteiger partial charge in [0.2, 0.25) is 5.95 Å². The zero-order valence-corrected chi connectivity index (χ0v) is 25.2. The second kappa shape index (κ2) is 12.4. The molecule has 2 aliphatic rings. The van der Waals surface area contributed by atoms with Crippen LogP contribution in [0.4, 0.5) is 33.6 Å². The van der Waals surface area contributed by atoms with Crippen molar-refractivity contribution in [2.24, 2.45) is 11.7 Å². The van der Waals surface area contributed by atoms with Gasteiger partial charge in [-0.05, 0) is 26.0 Å². The van der Waals surface area contributed by atoms with E-state index in [0.717, 1.165) is 6.07 Å². The Hall–Kier alpha value is -4.11. The minimum Gasteiger partial charge on any atom is -0.374 e. The summed E-state index contributed by atoms with van der Waals surface area (Å²) < 4.78 is 80.4. The monoisotopic (exact) mass is 635 g/mol. The van der Waals surface area contributed by atoms with Crippen molar-refractivity contribution < 1.29 is 31.5 Å². The van der Waals surface area contributed by atoms with Crippen molar-refractivity contribution in [3.63, 3.8) is 0 Å². The Labute approximate surface area is 256 Å². The average molecular weight is 636 g/mol. The van der Waals surface area contributed by atoms with Gasteiger partial charge in [-0.1, -0.05) is 13.8 Å². The standard InChI is InChI=1S/C30H34F5N7O3/c1-16(2)23-15-41(9-10-45-23)29-37-6-5-21(38-29)25-20(31)12-22(40-8-7-39(4)17(3)13-40)27(26(25)32)42-14-18(28(36)44)19(11-24(42)43)30(33,34)35/h5-6,11-12,14,16-17,23H,7-10,13,15H2,1-4H3,(H2,36,44). The van der Waals surface area contributed by atoms with Crippen molar-refractivity contribution in [1.82, 2.24) is 19.4 Å². The summed E-state index contributed by atoms with van der Waals surface area (Å²) in [5.41, 5.74) is 0.0230. The van der Waals surface area contributed by atoms with E-state index in [4.69, 9.17) is 10.5 Å². The molecule has 10 nitrogen and oxygen atoms in total. The highest BCUT2D eigenvalue weighted by Crippen LogP contribution is 2.38. The Bertz CT molecular complexity index is 1660. The van der Waals surface area contributed by atoms with Crippen molar-refractivity contribution in [2.75, 3.05) is 56.2 Å². The first-order valence-electron chi connectivity index (χ1n) is 14.5. The highest BCUT2D eigenvalue weighted by Gasteiger charge is 2.37. The largest absolute Gasteiger partial charge is 0.417 e. The number of benzene rings is 1. The molecule has 5 rings (SSSR count). The first kappa shape index (κ1) is 32.3. The number of rotatable bonds is 6. The molecule has 0 saturated carbocycles. The summed E-state index contributed by atoms with van der Waals surface area (Å²) in [7, 11) is 1.89. The van der Waals surface area contributed by atoms with Crippen molar-refractivity contribution in [1.29, 1.82) is 0 Å². The van der Waals surface area contributed by atoms with E-state index in [-0.39, 0.29) is 41.5 Å². The maximum atomic E-state index is 16.8. The number of carbonyl (C=O) groups is 1. The molecule has 0 spiro atoms. The first-order chi connectivity index (χ1) is 21.2. The molecule has 2 atom stereocenters. The lowest BCUT2D eigenvalue weighted by Crippen LogP contribution is -2.50. The van der Waals surface area contributed by atoms with Gasteiger partial charge in [-0.2, -0.15) is 13.2 Å². The quantitative estimate of drug-likeness (QED) is 0.409. The number of hydrogen-bond donors (Lipinski definition) is 1. The molecular weight excluding hydrogens is 601 g/mol. The molecule has 2 fully saturated rings. The summed E-state index contributed by atoms with van der Waals surface area (Å²) in [6, 6.07) is 2.46. The molecule has 45 heavy (non-hydrogen) atoms. The van der Waals surface area contributed by atoms with Gasteiger partial charge in [0.05, 0.1) is 40.8 Å². The van der Waals surface area contributed by atoms with Crippen molar-refractivity contribution in [3.05, 3.63) is 63.7 Å². The van der Waals surface area contributed by atoms with Gasteiger partial charge in [0.15, 0.2) is 5.82 Å². The third-order valence-corrected chi connectivity index (χ3v) is 8.36. The summed E-state index contributed by atoms with van der Waals surface area (Å²) >= 11 is 0. The number of likely N-dealkylation sites (N-methyl/N-ethyl adjacent to an activating group) is 1. The fourth-order valence-electron chi connectivity index (χ4n) is 5.61. The van der Waals surface area contributed by atoms with E-state index >= 15 is 8.78 Å². The van der Waals surface area contributed by atoms with Crippen LogP contribution < -0.4 is 21.1 Å². The maximum Gasteiger partial charge on any atom is 0.417 e. The third-order valence-electron chi connectivity index (χ3n) is 8.36. The summed E-state index contributed by atoms with van der Waals surface area (Å²) in [5.74, 6) is -3.31. The highest BCUT2D eigenvalue weighted by atomic mass is 19.4. The Morgan fingerprint density at radius 3 is 2.49 bits per heavy atom. The number of nitrogens with zero attached hydrogens (tertiary/aromatic N) is 6. The topological polar surface area (TPSA) is 110 Å². The molecule has 2 N–H and O–H groups in total. The van der Waals surface area contributed by atoms with Crippen LogP contribution >= 0.6 is 0 Å². The van der Waals surface area contributed by atoms with Gasteiger partial charge in [-0.3, -0.25) is 14.2 Å². The van der Waals surface area contributed by atoms with Gasteiger partial charge in [0.1, 0.15) is 11.5 Å². The number of halogens is 5. The van der Waals surface area contributed by atoms with Gasteiger partial charge in [-0.15, -0.1) is 0 Å². The lowest BCUT2D eigenvalue weighted by atomic mass is 10.0. The summed E-state index contributed by atoms with van der Waals surface area (Å²) in [4.78, 5) is 39.6. The molecular formula is C30H34F5N7O3. The number of morpholine rings is 1. The summed E-state index contributed by atoms with van der Waals surface area (Å²) in [6.07, 6.45) is -3.29. The van der Waals surface area contributed by atoms with E-state index in [9.17, 15) is 22.8 Å². The molecule has 2 saturated heterocycles. The third kappa shape index (κ3) is 6.36. The van der Waals surface area contributed by atoms with Crippen LogP contribution in [-0.4, -0.2) is 83.9 Å². The molecule has 242 valence electrons. The fourth-order valence-corrected chi connectivity index (χ4v) is 5.61. The van der Waals surface area contributed by atoms with E-state index in [1.54, 1.807) is 4.90 Å². The average Bonchev–Trinajstić information content (AvgIpc) is 2.98. The minimum atomic E-state index is -5.09. The summed E-state index contributed by atoms with van der Waals surface area (Å²) in [6.45, 7) is 8.32. The summed E-state index contributed by atoms with van der Waals surface area (Å²) in [5, 5.41) is 0. The van der Waals surface area contributed by atoms with Crippen LogP contribution in [0.1, 0.15) is 36.7 Å². The molecule has 15 heteroatoms. The van der Waals surface area contributed by atoms with E-state index in [1.165, 1.54) is 12.3 Å². The molecule has 3 aromatic rings. The number of pyridine rings is 1. The molecule has 2 aromatic heterocycles. The molecule has 0 aliphatic carbocycles. The number of aromatic nitrogens is 3. The predicted octanol–water partition coefficient (Wildman–Crippen LogP) is 3.69. The maximum absolute atomic E-state index is 16.8. The second-order valence-corrected chi connectivity index (χ2v) is 11.7. The zero-order valence-electron chi connectivity index (χ0n) is 25.2. The fraction of sp³-hybridized carbons (Fsp3) is 0.467. The number of amides is 1. The van der Waals surface area contributed by atoms with Crippen LogP contribution in [0.5, 0.6) is 0 Å². The van der Waals surface area contributed by atoms with Gasteiger partial charge in [0.25, 0.3) is 11.5 Å². The molecule has 2 unspecified atom stereocenters. The Morgan fingerprint density at radius 2 is 1.84 bits per heavy atom. The highest BCUT2D eigenvalue weighted by molar-refractivity contribution is 5.94. The Balaban J connectivity index is 1.71. The minimum absolute atomic E-state index is 0.0597. The zero-order chi connectivity index (χ0) is 32.8. The number of ether oxygens (including phenoxy) is 1. The Morgan fingerprint density at radius 1 is 1.11 bits per heavy atom. The molecule has 1 aromatic carbocycles. The smallest absolute Gasteiger partial charge is 0.374 e. The molecule has 4 heterocycles. The van der Waals surface area contributed by atoms with E-state index < -0.39 is 51.7 Å². The second-order valence-electron chi connectivity index (χ2n) is 11.7. The van der Waals surface area contributed by atoms with Crippen LogP contribution in [-0.2, 0) is 10.9 Å². The lowest BCUT2D eigenvalue weighted by molar-refractivity contribution is -0.138. The van der Waals surface area contributed by atoms with Crippen molar-refractivity contribution in [3.8, 4) is 16.9 Å². The molecule has 1 amide bonds. The van der Waals surface area contributed by atoms with Crippen LogP contribution in [0.3, 0.4) is 0 Å². The normalized spacial score (nSPS) is 19.8. The predicted molar refractivity (Wildman–Crippen MR) is 158 cm³/mol. The van der Waals surface area contributed by atoms with Crippen LogP contribution in [0.2, 0.25) is 0 Å². The van der Waals surface area contributed by atoms with Crippen LogP contribution in [0.15, 0.2) is 35.4 Å². The van der Waals surface area contributed by atoms with Gasteiger partial charge >= 0.3 is 6.18 Å². The number of primary amides is 1. The number of hydrogen-bond acceptors (Lipinski definition) is 8. The lowest BCUT2D eigenvalue weighted by Gasteiger charge is -2.40. The number of carbonyl (C=O) groups excluding carboxylic acids is 1. The van der Waals surface area contributed by atoms with Gasteiger partial charge < -0.3 is 25.2 Å². The van der Waals surface area contributed by atoms with Crippen molar-refractivity contribution in [2.45, 2.75) is 39.1 Å². The first-order valence-corrected chi connectivity index (χ1v) is 14.5. The van der Waals surface area contributed by atoms with Crippen molar-refractivity contribution >= 4 is 17.5 Å². The molecule has 0 radical (unpaired) electrons. The number of anilines is 2. The SMILES string of the molecule is CC(C)C1CN(c2nccc(-c3c(F)cc(N4CCN(C)C(C)C4)c(-n4cc(C(N)=O)c(C(F)(F)F)cc4=O)c3F)n2)CCO1. The van der Waals surface area contributed by atoms with E-state index in [1.807, 2.05) is 37.6 Å². The van der Waals surface area contributed by atoms with Gasteiger partial charge in [0, 0.05) is 63.3 Å². The molecule has 2 aliphatic heterocycles.